The van der Waals surface area contributed by atoms with Gasteiger partial charge < -0.3 is 14.4 Å². The average Bonchev–Trinajstić information content (AvgIpc) is 2.70. The molecule has 6 rings (SSSR count). The highest BCUT2D eigenvalue weighted by Crippen LogP contribution is 2.46. The van der Waals surface area contributed by atoms with E-state index < -0.39 is 35.4 Å². The molecular weight excluding hydrogens is 439 g/mol. The van der Waals surface area contributed by atoms with Crippen LogP contribution in [-0.2, 0) is 15.4 Å². The fourth-order valence-corrected chi connectivity index (χ4v) is 4.20. The molecule has 0 saturated carbocycles. The Labute approximate surface area is 178 Å². The lowest BCUT2D eigenvalue weighted by Crippen LogP contribution is -2.57. The number of ether oxygens (including phenoxy) is 2. The molecule has 32 heavy (non-hydrogen) atoms. The van der Waals surface area contributed by atoms with Crippen LogP contribution in [0.2, 0.25) is 0 Å². The van der Waals surface area contributed by atoms with Crippen molar-refractivity contribution in [1.29, 1.82) is 0 Å². The lowest BCUT2D eigenvalue weighted by molar-refractivity contribution is -0.206. The Bertz CT molecular complexity index is 1070. The molecule has 3 saturated heterocycles. The molecule has 7 nitrogen and oxygen atoms in total. The monoisotopic (exact) mass is 456 g/mol. The van der Waals surface area contributed by atoms with Crippen LogP contribution < -0.4 is 10.2 Å². The number of fused-ring (bicyclic) bond motifs is 3. The van der Waals surface area contributed by atoms with Crippen LogP contribution in [0.4, 0.5) is 38.4 Å². The average molecular weight is 456 g/mol. The lowest BCUT2D eigenvalue weighted by atomic mass is 9.96. The SMILES string of the molecule is CC(F)(F)c1cc(-c2ccnc3c2[C@H](C(F)(F)F)OC(=O)N3)nc(N2CC3CC(C2)O3)c1. The molecule has 0 aliphatic carbocycles. The highest BCUT2D eigenvalue weighted by atomic mass is 19.4. The molecule has 1 N–H and O–H groups in total. The number of carbonyl (C=O) groups excluding carboxylic acids is 1. The Hall–Kier alpha value is -3.02. The second-order valence-corrected chi connectivity index (χ2v) is 8.08. The van der Waals surface area contributed by atoms with Crippen molar-refractivity contribution >= 4 is 17.7 Å². The first kappa shape index (κ1) is 20.9. The molecule has 0 radical (unpaired) electrons. The summed E-state index contributed by atoms with van der Waals surface area (Å²) in [6, 6.07) is 3.52. The van der Waals surface area contributed by atoms with Crippen molar-refractivity contribution in [3.05, 3.63) is 35.5 Å². The Kier molecular flexibility index (Phi) is 4.56. The van der Waals surface area contributed by atoms with Gasteiger partial charge in [-0.05, 0) is 18.2 Å². The van der Waals surface area contributed by atoms with Gasteiger partial charge in [0.25, 0.3) is 5.92 Å². The van der Waals surface area contributed by atoms with Crippen LogP contribution >= 0.6 is 0 Å². The number of rotatable bonds is 3. The first-order chi connectivity index (χ1) is 15.0. The third kappa shape index (κ3) is 3.61. The van der Waals surface area contributed by atoms with Gasteiger partial charge in [0.15, 0.2) is 0 Å². The van der Waals surface area contributed by atoms with E-state index in [0.717, 1.165) is 12.5 Å². The number of nitrogens with one attached hydrogen (secondary N) is 1. The summed E-state index contributed by atoms with van der Waals surface area (Å²) in [5.41, 5.74) is -1.10. The molecule has 3 atom stereocenters. The number of alkyl halides is 5. The minimum Gasteiger partial charge on any atom is -0.431 e. The Morgan fingerprint density at radius 2 is 1.84 bits per heavy atom. The van der Waals surface area contributed by atoms with E-state index in [-0.39, 0.29) is 35.1 Å². The molecule has 2 aromatic rings. The first-order valence-electron chi connectivity index (χ1n) is 9.83. The second kappa shape index (κ2) is 6.99. The van der Waals surface area contributed by atoms with Gasteiger partial charge in [-0.25, -0.2) is 23.5 Å². The van der Waals surface area contributed by atoms with Crippen LogP contribution in [0.1, 0.15) is 30.6 Å². The van der Waals surface area contributed by atoms with Gasteiger partial charge in [0.05, 0.1) is 23.5 Å². The number of hydrogen-bond acceptors (Lipinski definition) is 6. The van der Waals surface area contributed by atoms with Crippen molar-refractivity contribution in [3.8, 4) is 11.3 Å². The Balaban J connectivity index is 1.66. The van der Waals surface area contributed by atoms with E-state index in [1.807, 2.05) is 0 Å². The second-order valence-electron chi connectivity index (χ2n) is 8.08. The van der Waals surface area contributed by atoms with Crippen LogP contribution in [0, 0.1) is 0 Å². The summed E-state index contributed by atoms with van der Waals surface area (Å²) in [5.74, 6) is -3.40. The van der Waals surface area contributed by atoms with Crippen molar-refractivity contribution in [2.75, 3.05) is 23.3 Å². The van der Waals surface area contributed by atoms with Gasteiger partial charge in [-0.15, -0.1) is 0 Å². The summed E-state index contributed by atoms with van der Waals surface area (Å²) < 4.78 is 79.7. The number of nitrogens with zero attached hydrogens (tertiary/aromatic N) is 3. The van der Waals surface area contributed by atoms with E-state index in [1.165, 1.54) is 18.3 Å². The summed E-state index contributed by atoms with van der Waals surface area (Å²) in [4.78, 5) is 21.6. The van der Waals surface area contributed by atoms with E-state index in [0.29, 0.717) is 20.0 Å². The zero-order valence-corrected chi connectivity index (χ0v) is 16.6. The van der Waals surface area contributed by atoms with Gasteiger partial charge in [0.1, 0.15) is 11.6 Å². The summed E-state index contributed by atoms with van der Waals surface area (Å²) >= 11 is 0. The number of halogens is 5. The van der Waals surface area contributed by atoms with Crippen LogP contribution in [0.25, 0.3) is 11.3 Å². The summed E-state index contributed by atoms with van der Waals surface area (Å²) in [5, 5.41) is 2.13. The van der Waals surface area contributed by atoms with E-state index in [1.54, 1.807) is 4.90 Å². The first-order valence-corrected chi connectivity index (χ1v) is 9.83. The van der Waals surface area contributed by atoms with E-state index >= 15 is 0 Å². The van der Waals surface area contributed by atoms with Crippen LogP contribution in [-0.4, -0.2) is 47.5 Å². The smallest absolute Gasteiger partial charge is 0.430 e. The normalized spacial score (nSPS) is 24.9. The van der Waals surface area contributed by atoms with Crippen LogP contribution in [0.15, 0.2) is 24.4 Å². The van der Waals surface area contributed by atoms with Crippen molar-refractivity contribution in [2.24, 2.45) is 0 Å². The molecule has 1 amide bonds. The summed E-state index contributed by atoms with van der Waals surface area (Å²) in [6.07, 6.45) is -6.87. The predicted molar refractivity (Wildman–Crippen MR) is 101 cm³/mol. The minimum atomic E-state index is -4.94. The molecule has 2 bridgehead atoms. The topological polar surface area (TPSA) is 76.6 Å². The number of aromatic nitrogens is 2. The van der Waals surface area contributed by atoms with E-state index in [2.05, 4.69) is 20.0 Å². The highest BCUT2D eigenvalue weighted by Gasteiger charge is 2.49. The van der Waals surface area contributed by atoms with Crippen molar-refractivity contribution in [2.45, 2.75) is 43.8 Å². The van der Waals surface area contributed by atoms with Gasteiger partial charge in [-0.3, -0.25) is 5.32 Å². The number of amides is 1. The highest BCUT2D eigenvalue weighted by molar-refractivity contribution is 5.89. The van der Waals surface area contributed by atoms with Crippen LogP contribution in [0.5, 0.6) is 0 Å². The standard InChI is InChI=1S/C20H17F5N4O3/c1-19(21,22)9-4-13(27-14(5-9)29-7-10-6-11(8-29)31-10)12-2-3-26-17-15(12)16(20(23,24)25)32-18(30)28-17/h2-5,10-11,16H,6-8H2,1H3,(H,26,28,30)/t10?,11?,16-/m1/s1. The van der Waals surface area contributed by atoms with Gasteiger partial charge in [0, 0.05) is 43.8 Å². The van der Waals surface area contributed by atoms with Crippen LogP contribution in [0.3, 0.4) is 0 Å². The zero-order chi connectivity index (χ0) is 22.8. The number of anilines is 2. The number of morpholine rings is 1. The third-order valence-corrected chi connectivity index (χ3v) is 5.67. The number of cyclic esters (lactones) is 1. The molecule has 170 valence electrons. The number of hydrogen-bond donors (Lipinski definition) is 1. The molecule has 4 aliphatic rings. The quantitative estimate of drug-likeness (QED) is 0.691. The Morgan fingerprint density at radius 3 is 2.47 bits per heavy atom. The number of piperidine rings is 1. The summed E-state index contributed by atoms with van der Waals surface area (Å²) in [6.45, 7) is 1.59. The maximum Gasteiger partial charge on any atom is 0.430 e. The Morgan fingerprint density at radius 1 is 1.16 bits per heavy atom. The lowest BCUT2D eigenvalue weighted by Gasteiger charge is -2.47. The molecule has 0 spiro atoms. The molecule has 12 heteroatoms. The minimum absolute atomic E-state index is 0.0308. The maximum absolute atomic E-state index is 14.3. The molecule has 3 fully saturated rings. The molecule has 0 aromatic carbocycles. The van der Waals surface area contributed by atoms with E-state index in [9.17, 15) is 26.7 Å². The molecule has 2 unspecified atom stereocenters. The van der Waals surface area contributed by atoms with Gasteiger partial charge >= 0.3 is 12.3 Å². The molecular formula is C20H17F5N4O3. The fraction of sp³-hybridized carbons (Fsp3) is 0.450. The fourth-order valence-electron chi connectivity index (χ4n) is 4.20. The molecule has 2 aromatic heterocycles. The van der Waals surface area contributed by atoms with E-state index in [4.69, 9.17) is 4.74 Å². The van der Waals surface area contributed by atoms with Crippen molar-refractivity contribution in [3.63, 3.8) is 0 Å². The van der Waals surface area contributed by atoms with Crippen molar-refractivity contribution in [1.82, 2.24) is 9.97 Å². The van der Waals surface area contributed by atoms with Crippen molar-refractivity contribution < 1.29 is 36.2 Å². The van der Waals surface area contributed by atoms with Gasteiger partial charge in [-0.1, -0.05) is 0 Å². The summed E-state index contributed by atoms with van der Waals surface area (Å²) in [7, 11) is 0. The maximum atomic E-state index is 14.3. The largest absolute Gasteiger partial charge is 0.431 e. The van der Waals surface area contributed by atoms with Gasteiger partial charge in [-0.2, -0.15) is 13.2 Å². The number of carbonyl (C=O) groups is 1. The predicted octanol–water partition coefficient (Wildman–Crippen LogP) is 4.40. The number of pyridine rings is 2. The third-order valence-electron chi connectivity index (χ3n) is 5.67. The molecule has 6 heterocycles. The molecule has 4 aliphatic heterocycles. The van der Waals surface area contributed by atoms with Gasteiger partial charge in [0.2, 0.25) is 6.10 Å². The zero-order valence-electron chi connectivity index (χ0n) is 16.6.